The fraction of sp³-hybridized carbons (Fsp3) is 0. The van der Waals surface area contributed by atoms with Crippen molar-refractivity contribution in [3.8, 4) is 0 Å². The highest BCUT2D eigenvalue weighted by Crippen LogP contribution is 2.25. The van der Waals surface area contributed by atoms with E-state index in [0.29, 0.717) is 5.56 Å². The van der Waals surface area contributed by atoms with Gasteiger partial charge >= 0.3 is 0 Å². The van der Waals surface area contributed by atoms with E-state index in [0.717, 1.165) is 27.9 Å². The summed E-state index contributed by atoms with van der Waals surface area (Å²) in [5, 5.41) is 4.00. The van der Waals surface area contributed by atoms with Crippen LogP contribution in [-0.4, -0.2) is 10.9 Å². The van der Waals surface area contributed by atoms with Crippen LogP contribution in [0.1, 0.15) is 21.6 Å². The predicted molar refractivity (Wildman–Crippen MR) is 83.5 cm³/mol. The summed E-state index contributed by atoms with van der Waals surface area (Å²) in [6, 6.07) is 19.6. The number of amides is 1. The molecule has 0 saturated heterocycles. The van der Waals surface area contributed by atoms with E-state index in [1.165, 1.54) is 0 Å². The molecule has 4 rings (SSSR count). The lowest BCUT2D eigenvalue weighted by Crippen LogP contribution is -2.11. The summed E-state index contributed by atoms with van der Waals surface area (Å²) in [4.78, 5) is 16.5. The number of nitrogens with zero attached hydrogens (tertiary/aromatic N) is 1. The Hall–Kier alpha value is -2.94. The maximum absolute atomic E-state index is 11.9. The van der Waals surface area contributed by atoms with Gasteiger partial charge in [-0.15, -0.1) is 0 Å². The summed E-state index contributed by atoms with van der Waals surface area (Å²) in [6.45, 7) is 0. The van der Waals surface area contributed by atoms with E-state index >= 15 is 0 Å². The number of para-hydroxylation sites is 1. The lowest BCUT2D eigenvalue weighted by molar-refractivity contribution is 0.0981. The fourth-order valence-electron chi connectivity index (χ4n) is 2.60. The highest BCUT2D eigenvalue weighted by atomic mass is 16.1. The Morgan fingerprint density at radius 3 is 2.52 bits per heavy atom. The normalized spacial score (nSPS) is 15.2. The first-order chi connectivity index (χ1) is 10.3. The van der Waals surface area contributed by atoms with Crippen molar-refractivity contribution in [2.24, 2.45) is 0 Å². The van der Waals surface area contributed by atoms with Gasteiger partial charge in [0.1, 0.15) is 0 Å². The molecule has 0 spiro atoms. The first-order valence-corrected chi connectivity index (χ1v) is 6.79. The van der Waals surface area contributed by atoms with Crippen LogP contribution in [0.15, 0.2) is 60.7 Å². The van der Waals surface area contributed by atoms with Gasteiger partial charge in [-0.25, -0.2) is 4.98 Å². The third-order valence-corrected chi connectivity index (χ3v) is 3.62. The molecule has 0 unspecified atom stereocenters. The van der Waals surface area contributed by atoms with E-state index in [1.54, 1.807) is 0 Å². The summed E-state index contributed by atoms with van der Waals surface area (Å²) in [5.41, 5.74) is 4.23. The van der Waals surface area contributed by atoms with E-state index in [1.807, 2.05) is 66.7 Å². The van der Waals surface area contributed by atoms with Gasteiger partial charge in [0.2, 0.25) is 0 Å². The van der Waals surface area contributed by atoms with Crippen LogP contribution in [0, 0.1) is 0 Å². The van der Waals surface area contributed by atoms with Crippen LogP contribution in [0.25, 0.3) is 22.7 Å². The van der Waals surface area contributed by atoms with Crippen molar-refractivity contribution in [3.05, 3.63) is 77.5 Å². The number of nitrogens with one attached hydrogen (secondary N) is 1. The van der Waals surface area contributed by atoms with Crippen molar-refractivity contribution in [2.45, 2.75) is 0 Å². The molecule has 0 saturated carbocycles. The number of pyridine rings is 1. The van der Waals surface area contributed by atoms with Crippen molar-refractivity contribution in [2.75, 3.05) is 0 Å². The molecule has 3 nitrogen and oxygen atoms in total. The van der Waals surface area contributed by atoms with E-state index < -0.39 is 0 Å². The Labute approximate surface area is 122 Å². The van der Waals surface area contributed by atoms with Crippen LogP contribution in [0.5, 0.6) is 0 Å². The van der Waals surface area contributed by atoms with Crippen LogP contribution in [-0.2, 0) is 0 Å². The molecule has 0 fully saturated rings. The van der Waals surface area contributed by atoms with Crippen LogP contribution in [0.3, 0.4) is 0 Å². The molecule has 3 aromatic rings. The third kappa shape index (κ3) is 1.99. The second-order valence-electron chi connectivity index (χ2n) is 4.99. The summed E-state index contributed by atoms with van der Waals surface area (Å²) in [6.07, 6.45) is 1.91. The molecule has 3 heteroatoms. The zero-order valence-corrected chi connectivity index (χ0v) is 11.2. The minimum atomic E-state index is -0.0577. The van der Waals surface area contributed by atoms with Gasteiger partial charge in [0.25, 0.3) is 5.91 Å². The molecule has 1 amide bonds. The zero-order chi connectivity index (χ0) is 14.2. The molecular formula is C18H12N2O. The van der Waals surface area contributed by atoms with Crippen LogP contribution >= 0.6 is 0 Å². The molecule has 1 N–H and O–H groups in total. The lowest BCUT2D eigenvalue weighted by atomic mass is 10.1. The number of benzene rings is 2. The zero-order valence-electron chi connectivity index (χ0n) is 11.2. The van der Waals surface area contributed by atoms with Crippen LogP contribution in [0.4, 0.5) is 0 Å². The van der Waals surface area contributed by atoms with Gasteiger partial charge in [-0.2, -0.15) is 0 Å². The molecule has 0 bridgehead atoms. The number of carbonyl (C=O) groups is 1. The molecular weight excluding hydrogens is 260 g/mol. The second-order valence-corrected chi connectivity index (χ2v) is 4.99. The molecule has 100 valence electrons. The Morgan fingerprint density at radius 1 is 0.857 bits per heavy atom. The monoisotopic (exact) mass is 272 g/mol. The molecule has 0 atom stereocenters. The molecule has 0 aliphatic carbocycles. The minimum Gasteiger partial charge on any atom is -0.321 e. The Morgan fingerprint density at radius 2 is 1.62 bits per heavy atom. The highest BCUT2D eigenvalue weighted by molar-refractivity contribution is 6.11. The summed E-state index contributed by atoms with van der Waals surface area (Å²) < 4.78 is 0. The van der Waals surface area contributed by atoms with Crippen molar-refractivity contribution >= 4 is 28.6 Å². The largest absolute Gasteiger partial charge is 0.321 e. The molecule has 1 aromatic heterocycles. The van der Waals surface area contributed by atoms with Gasteiger partial charge in [0.05, 0.1) is 16.9 Å². The standard InChI is InChI=1S/C18H12N2O/c21-18-15-7-3-2-6-14(15)17(20-18)11-13-10-9-12-5-1-4-8-16(12)19-13/h1-11H,(H,20,21)/b17-11-. The number of fused-ring (bicyclic) bond motifs is 2. The number of carbonyl (C=O) groups excluding carboxylic acids is 1. The second kappa shape index (κ2) is 4.56. The van der Waals surface area contributed by atoms with Gasteiger partial charge in [0, 0.05) is 16.5 Å². The maximum atomic E-state index is 11.9. The molecule has 2 aromatic carbocycles. The average molecular weight is 272 g/mol. The SMILES string of the molecule is O=C1N/C(=C\c2ccc3ccccc3n2)c2ccccc21. The topological polar surface area (TPSA) is 42.0 Å². The molecule has 21 heavy (non-hydrogen) atoms. The molecule has 1 aliphatic rings. The lowest BCUT2D eigenvalue weighted by Gasteiger charge is -2.02. The summed E-state index contributed by atoms with van der Waals surface area (Å²) in [7, 11) is 0. The van der Waals surface area contributed by atoms with Crippen molar-refractivity contribution in [1.29, 1.82) is 0 Å². The first-order valence-electron chi connectivity index (χ1n) is 6.79. The van der Waals surface area contributed by atoms with Crippen molar-refractivity contribution < 1.29 is 4.79 Å². The molecule has 2 heterocycles. The van der Waals surface area contributed by atoms with E-state index in [2.05, 4.69) is 10.3 Å². The Bertz CT molecular complexity index is 896. The van der Waals surface area contributed by atoms with Crippen molar-refractivity contribution in [1.82, 2.24) is 10.3 Å². The molecule has 0 radical (unpaired) electrons. The average Bonchev–Trinajstić information content (AvgIpc) is 2.84. The van der Waals surface area contributed by atoms with Gasteiger partial charge < -0.3 is 5.32 Å². The highest BCUT2D eigenvalue weighted by Gasteiger charge is 2.22. The van der Waals surface area contributed by atoms with E-state index in [-0.39, 0.29) is 5.91 Å². The van der Waals surface area contributed by atoms with Gasteiger partial charge in [0.15, 0.2) is 0 Å². The van der Waals surface area contributed by atoms with Crippen molar-refractivity contribution in [3.63, 3.8) is 0 Å². The summed E-state index contributed by atoms with van der Waals surface area (Å²) in [5.74, 6) is -0.0577. The van der Waals surface area contributed by atoms with Gasteiger partial charge in [-0.05, 0) is 24.3 Å². The molecule has 1 aliphatic heterocycles. The number of hydrogen-bond donors (Lipinski definition) is 1. The van der Waals surface area contributed by atoms with Crippen LogP contribution in [0.2, 0.25) is 0 Å². The minimum absolute atomic E-state index is 0.0577. The Balaban J connectivity index is 1.82. The van der Waals surface area contributed by atoms with E-state index in [4.69, 9.17) is 0 Å². The number of hydrogen-bond acceptors (Lipinski definition) is 2. The number of aromatic nitrogens is 1. The van der Waals surface area contributed by atoms with Gasteiger partial charge in [-0.3, -0.25) is 4.79 Å². The number of rotatable bonds is 1. The first kappa shape index (κ1) is 11.9. The van der Waals surface area contributed by atoms with E-state index in [9.17, 15) is 4.79 Å². The predicted octanol–water partition coefficient (Wildman–Crippen LogP) is 3.48. The maximum Gasteiger partial charge on any atom is 0.256 e. The third-order valence-electron chi connectivity index (χ3n) is 3.62. The summed E-state index contributed by atoms with van der Waals surface area (Å²) >= 11 is 0. The smallest absolute Gasteiger partial charge is 0.256 e. The Kier molecular flexibility index (Phi) is 2.57. The quantitative estimate of drug-likeness (QED) is 0.737. The van der Waals surface area contributed by atoms with Gasteiger partial charge in [-0.1, -0.05) is 42.5 Å². The fourth-order valence-corrected chi connectivity index (χ4v) is 2.60. The van der Waals surface area contributed by atoms with Crippen LogP contribution < -0.4 is 5.32 Å².